The van der Waals surface area contributed by atoms with Crippen molar-refractivity contribution in [3.05, 3.63) is 23.8 Å². The SMILES string of the molecule is OCc1cc(O)ccc1[As]. The summed E-state index contributed by atoms with van der Waals surface area (Å²) in [5.41, 5.74) is 0.750. The van der Waals surface area contributed by atoms with Gasteiger partial charge >= 0.3 is 67.5 Å². The Morgan fingerprint density at radius 2 is 2.10 bits per heavy atom. The molecule has 2 nitrogen and oxygen atoms in total. The molecular weight excluding hydrogens is 191 g/mol. The molecule has 0 aliphatic carbocycles. The second kappa shape index (κ2) is 3.09. The first-order chi connectivity index (χ1) is 4.74. The summed E-state index contributed by atoms with van der Waals surface area (Å²) in [5.74, 6) is 0.193. The molecule has 0 aliphatic heterocycles. The molecule has 3 heteroatoms. The molecule has 2 N–H and O–H groups in total. The van der Waals surface area contributed by atoms with Gasteiger partial charge in [-0.05, 0) is 0 Å². The zero-order valence-electron chi connectivity index (χ0n) is 5.28. The number of aromatic hydroxyl groups is 1. The van der Waals surface area contributed by atoms with Gasteiger partial charge in [-0.25, -0.2) is 0 Å². The van der Waals surface area contributed by atoms with Crippen LogP contribution >= 0.6 is 0 Å². The number of benzene rings is 1. The minimum atomic E-state index is -0.0293. The second-order valence-corrected chi connectivity index (χ2v) is 2.98. The maximum atomic E-state index is 8.95. The van der Waals surface area contributed by atoms with Crippen molar-refractivity contribution in [2.45, 2.75) is 6.61 Å². The fraction of sp³-hybridized carbons (Fsp3) is 0.143. The zero-order chi connectivity index (χ0) is 7.56. The van der Waals surface area contributed by atoms with Gasteiger partial charge in [0, 0.05) is 0 Å². The molecule has 0 saturated heterocycles. The average Bonchev–Trinajstić information content (AvgIpc) is 1.94. The summed E-state index contributed by atoms with van der Waals surface area (Å²) in [4.78, 5) is 0. The van der Waals surface area contributed by atoms with E-state index in [4.69, 9.17) is 10.2 Å². The summed E-state index contributed by atoms with van der Waals surface area (Å²) in [7, 11) is 0. The third kappa shape index (κ3) is 1.52. The van der Waals surface area contributed by atoms with E-state index in [0.717, 1.165) is 9.91 Å². The molecule has 0 bridgehead atoms. The van der Waals surface area contributed by atoms with Crippen LogP contribution in [0.2, 0.25) is 0 Å². The van der Waals surface area contributed by atoms with Crippen LogP contribution in [0.3, 0.4) is 0 Å². The van der Waals surface area contributed by atoms with Crippen LogP contribution in [0.15, 0.2) is 18.2 Å². The molecule has 2 radical (unpaired) electrons. The van der Waals surface area contributed by atoms with Crippen LogP contribution in [0.25, 0.3) is 0 Å². The van der Waals surface area contributed by atoms with Crippen LogP contribution in [0.4, 0.5) is 0 Å². The van der Waals surface area contributed by atoms with Crippen molar-refractivity contribution >= 4 is 21.2 Å². The molecule has 0 saturated carbocycles. The summed E-state index contributed by atoms with van der Waals surface area (Å²) >= 11 is 2.34. The van der Waals surface area contributed by atoms with Crippen molar-refractivity contribution < 1.29 is 10.2 Å². The molecule has 0 spiro atoms. The summed E-state index contributed by atoms with van der Waals surface area (Å²) in [6.45, 7) is -0.0293. The molecule has 10 heavy (non-hydrogen) atoms. The summed E-state index contributed by atoms with van der Waals surface area (Å²) in [6, 6.07) is 4.89. The molecule has 1 aromatic rings. The Labute approximate surface area is 68.0 Å². The van der Waals surface area contributed by atoms with Crippen LogP contribution in [-0.2, 0) is 6.61 Å². The minimum absolute atomic E-state index is 0.0293. The van der Waals surface area contributed by atoms with Crippen molar-refractivity contribution in [1.29, 1.82) is 0 Å². The number of rotatable bonds is 1. The molecule has 0 unspecified atom stereocenters. The topological polar surface area (TPSA) is 40.5 Å². The van der Waals surface area contributed by atoms with E-state index in [1.54, 1.807) is 18.2 Å². The molecule has 1 aromatic carbocycles. The van der Waals surface area contributed by atoms with E-state index in [-0.39, 0.29) is 12.4 Å². The van der Waals surface area contributed by atoms with E-state index < -0.39 is 0 Å². The van der Waals surface area contributed by atoms with Crippen molar-refractivity contribution in [3.63, 3.8) is 0 Å². The molecule has 0 amide bonds. The predicted molar refractivity (Wildman–Crippen MR) is 39.4 cm³/mol. The van der Waals surface area contributed by atoms with Gasteiger partial charge in [0.1, 0.15) is 0 Å². The van der Waals surface area contributed by atoms with E-state index in [9.17, 15) is 0 Å². The Balaban J connectivity index is 3.09. The van der Waals surface area contributed by atoms with Gasteiger partial charge in [-0.1, -0.05) is 0 Å². The van der Waals surface area contributed by atoms with Crippen molar-refractivity contribution in [2.75, 3.05) is 0 Å². The summed E-state index contributed by atoms with van der Waals surface area (Å²) in [6.07, 6.45) is 0. The molecule has 0 fully saturated rings. The van der Waals surface area contributed by atoms with E-state index in [0.29, 0.717) is 0 Å². The number of hydrogen-bond donors (Lipinski definition) is 2. The molecule has 0 aromatic heterocycles. The number of phenols is 1. The van der Waals surface area contributed by atoms with E-state index in [1.165, 1.54) is 0 Å². The normalized spacial score (nSPS) is 9.80. The van der Waals surface area contributed by atoms with Crippen molar-refractivity contribution in [2.24, 2.45) is 0 Å². The first kappa shape index (κ1) is 7.64. The van der Waals surface area contributed by atoms with Crippen LogP contribution < -0.4 is 4.35 Å². The molecule has 0 aliphatic rings. The van der Waals surface area contributed by atoms with Gasteiger partial charge in [-0.2, -0.15) is 0 Å². The van der Waals surface area contributed by atoms with Gasteiger partial charge in [0.25, 0.3) is 0 Å². The van der Waals surface area contributed by atoms with Gasteiger partial charge < -0.3 is 0 Å². The summed E-state index contributed by atoms with van der Waals surface area (Å²) < 4.78 is 0.938. The van der Waals surface area contributed by atoms with Gasteiger partial charge in [0.05, 0.1) is 0 Å². The first-order valence-corrected chi connectivity index (χ1v) is 3.79. The predicted octanol–water partition coefficient (Wildman–Crippen LogP) is -0.322. The zero-order valence-corrected chi connectivity index (χ0v) is 7.16. The second-order valence-electron chi connectivity index (χ2n) is 1.97. The van der Waals surface area contributed by atoms with Crippen LogP contribution in [0.5, 0.6) is 5.75 Å². The fourth-order valence-electron chi connectivity index (χ4n) is 0.699. The third-order valence-electron chi connectivity index (χ3n) is 1.23. The molecular formula is C7H7AsO2. The monoisotopic (exact) mass is 198 g/mol. The Morgan fingerprint density at radius 3 is 2.60 bits per heavy atom. The number of hydrogen-bond acceptors (Lipinski definition) is 2. The quantitative estimate of drug-likeness (QED) is 0.607. The number of aliphatic hydroxyl groups excluding tert-OH is 1. The number of aliphatic hydroxyl groups is 1. The fourth-order valence-corrected chi connectivity index (χ4v) is 1.14. The molecule has 0 atom stereocenters. The van der Waals surface area contributed by atoms with Crippen LogP contribution in [0.1, 0.15) is 5.56 Å². The third-order valence-corrected chi connectivity index (χ3v) is 2.15. The molecule has 52 valence electrons. The van der Waals surface area contributed by atoms with Gasteiger partial charge in [0.15, 0.2) is 0 Å². The summed E-state index contributed by atoms with van der Waals surface area (Å²) in [5, 5.41) is 17.7. The maximum absolute atomic E-state index is 8.95. The Hall–Kier alpha value is -0.462. The van der Waals surface area contributed by atoms with Crippen LogP contribution in [-0.4, -0.2) is 27.1 Å². The van der Waals surface area contributed by atoms with E-state index in [2.05, 4.69) is 16.9 Å². The van der Waals surface area contributed by atoms with Gasteiger partial charge in [0.2, 0.25) is 0 Å². The van der Waals surface area contributed by atoms with Crippen LogP contribution in [0, 0.1) is 0 Å². The van der Waals surface area contributed by atoms with Gasteiger partial charge in [-0.15, -0.1) is 0 Å². The molecule has 1 rings (SSSR count). The Kier molecular flexibility index (Phi) is 2.36. The van der Waals surface area contributed by atoms with Gasteiger partial charge in [-0.3, -0.25) is 0 Å². The van der Waals surface area contributed by atoms with E-state index in [1.807, 2.05) is 0 Å². The van der Waals surface area contributed by atoms with Crippen molar-refractivity contribution in [1.82, 2.24) is 0 Å². The number of phenolic OH excluding ortho intramolecular Hbond substituents is 1. The average molecular weight is 198 g/mol. The standard InChI is InChI=1S/C7H7AsO2/c8-7-2-1-6(10)3-5(7)4-9/h1-3,9-10H,4H2. The van der Waals surface area contributed by atoms with Crippen molar-refractivity contribution in [3.8, 4) is 5.75 Å². The Bertz CT molecular complexity index is 235. The molecule has 0 heterocycles. The Morgan fingerprint density at radius 1 is 1.40 bits per heavy atom. The first-order valence-electron chi connectivity index (χ1n) is 2.86. The van der Waals surface area contributed by atoms with E-state index >= 15 is 0 Å².